The summed E-state index contributed by atoms with van der Waals surface area (Å²) in [5, 5.41) is 0.723. The van der Waals surface area contributed by atoms with Gasteiger partial charge in [0.1, 0.15) is 5.78 Å². The van der Waals surface area contributed by atoms with Gasteiger partial charge in [-0.15, -0.1) is 0 Å². The zero-order chi connectivity index (χ0) is 14.5. The molecule has 0 unspecified atom stereocenters. The van der Waals surface area contributed by atoms with Gasteiger partial charge in [-0.05, 0) is 43.0 Å². The Morgan fingerprint density at radius 2 is 1.74 bits per heavy atom. The van der Waals surface area contributed by atoms with Crippen LogP contribution in [0.2, 0.25) is 5.02 Å². The SMILES string of the molecule is CCCC(CCC)(C(=O)CC)c1cc(Cl)ccc1C. The molecule has 1 rings (SSSR count). The topological polar surface area (TPSA) is 17.1 Å². The lowest BCUT2D eigenvalue weighted by molar-refractivity contribution is -0.125. The third kappa shape index (κ3) is 3.39. The number of rotatable bonds is 7. The van der Waals surface area contributed by atoms with Gasteiger partial charge in [0.25, 0.3) is 0 Å². The van der Waals surface area contributed by atoms with Crippen molar-refractivity contribution < 1.29 is 4.79 Å². The van der Waals surface area contributed by atoms with E-state index in [-0.39, 0.29) is 5.41 Å². The Balaban J connectivity index is 3.42. The van der Waals surface area contributed by atoms with E-state index in [4.69, 9.17) is 11.6 Å². The molecular weight excluding hydrogens is 256 g/mol. The molecular formula is C17H25ClO. The van der Waals surface area contributed by atoms with E-state index in [1.807, 2.05) is 25.1 Å². The molecule has 0 N–H and O–H groups in total. The van der Waals surface area contributed by atoms with E-state index >= 15 is 0 Å². The summed E-state index contributed by atoms with van der Waals surface area (Å²) in [6, 6.07) is 5.93. The highest BCUT2D eigenvalue weighted by Gasteiger charge is 2.38. The molecule has 0 fully saturated rings. The Hall–Kier alpha value is -0.820. The van der Waals surface area contributed by atoms with Gasteiger partial charge in [-0.2, -0.15) is 0 Å². The van der Waals surface area contributed by atoms with Crippen LogP contribution >= 0.6 is 11.6 Å². The summed E-state index contributed by atoms with van der Waals surface area (Å²) >= 11 is 6.16. The largest absolute Gasteiger partial charge is 0.299 e. The maximum absolute atomic E-state index is 12.6. The Labute approximate surface area is 122 Å². The zero-order valence-electron chi connectivity index (χ0n) is 12.6. The van der Waals surface area contributed by atoms with E-state index in [0.29, 0.717) is 12.2 Å². The van der Waals surface area contributed by atoms with Gasteiger partial charge in [0.15, 0.2) is 0 Å². The number of ketones is 1. The smallest absolute Gasteiger partial charge is 0.143 e. The van der Waals surface area contributed by atoms with Crippen LogP contribution < -0.4 is 0 Å². The number of aryl methyl sites for hydroxylation is 1. The van der Waals surface area contributed by atoms with Crippen molar-refractivity contribution in [3.05, 3.63) is 34.3 Å². The summed E-state index contributed by atoms with van der Waals surface area (Å²) in [6.45, 7) is 8.33. The van der Waals surface area contributed by atoms with E-state index in [2.05, 4.69) is 20.8 Å². The third-order valence-corrected chi connectivity index (χ3v) is 4.16. The number of carbonyl (C=O) groups is 1. The molecule has 0 spiro atoms. The quantitative estimate of drug-likeness (QED) is 0.648. The van der Waals surface area contributed by atoms with Gasteiger partial charge in [-0.1, -0.05) is 51.3 Å². The molecule has 1 aromatic rings. The molecule has 0 amide bonds. The highest BCUT2D eigenvalue weighted by atomic mass is 35.5. The number of hydrogen-bond acceptors (Lipinski definition) is 1. The molecule has 0 saturated heterocycles. The van der Waals surface area contributed by atoms with Crippen molar-refractivity contribution >= 4 is 17.4 Å². The number of Topliss-reactive ketones (excluding diaryl/α,β-unsaturated/α-hetero) is 1. The van der Waals surface area contributed by atoms with Crippen LogP contribution in [0.5, 0.6) is 0 Å². The Morgan fingerprint density at radius 3 is 2.21 bits per heavy atom. The van der Waals surface area contributed by atoms with Crippen LogP contribution in [0.3, 0.4) is 0 Å². The maximum Gasteiger partial charge on any atom is 0.143 e. The number of benzene rings is 1. The molecule has 0 saturated carbocycles. The Kier molecular flexibility index (Phi) is 6.06. The third-order valence-electron chi connectivity index (χ3n) is 3.92. The fraction of sp³-hybridized carbons (Fsp3) is 0.588. The monoisotopic (exact) mass is 280 g/mol. The van der Waals surface area contributed by atoms with Gasteiger partial charge in [0, 0.05) is 11.4 Å². The van der Waals surface area contributed by atoms with Gasteiger partial charge in [-0.25, -0.2) is 0 Å². The van der Waals surface area contributed by atoms with Gasteiger partial charge < -0.3 is 0 Å². The number of hydrogen-bond donors (Lipinski definition) is 0. The first-order valence-corrected chi connectivity index (χ1v) is 7.69. The number of carbonyl (C=O) groups excluding carboxylic acids is 1. The predicted octanol–water partition coefficient (Wildman–Crippen LogP) is 5.47. The van der Waals surface area contributed by atoms with Crippen LogP contribution in [0.25, 0.3) is 0 Å². The Morgan fingerprint density at radius 1 is 1.16 bits per heavy atom. The first kappa shape index (κ1) is 16.2. The average Bonchev–Trinajstić information content (AvgIpc) is 2.40. The highest BCUT2D eigenvalue weighted by Crippen LogP contribution is 2.39. The molecule has 1 aromatic carbocycles. The van der Waals surface area contributed by atoms with E-state index < -0.39 is 0 Å². The van der Waals surface area contributed by atoms with Crippen LogP contribution in [0.4, 0.5) is 0 Å². The van der Waals surface area contributed by atoms with Crippen LogP contribution in [0, 0.1) is 6.92 Å². The minimum Gasteiger partial charge on any atom is -0.299 e. The van der Waals surface area contributed by atoms with Gasteiger partial charge >= 0.3 is 0 Å². The Bertz CT molecular complexity index is 431. The standard InChI is InChI=1S/C17H25ClO/c1-5-10-17(11-6-2,16(19)7-3)15-12-14(18)9-8-13(15)4/h8-9,12H,5-7,10-11H2,1-4H3. The van der Waals surface area contributed by atoms with Crippen LogP contribution in [-0.4, -0.2) is 5.78 Å². The summed E-state index contributed by atoms with van der Waals surface area (Å²) in [5.74, 6) is 0.349. The van der Waals surface area contributed by atoms with Crippen molar-refractivity contribution in [3.63, 3.8) is 0 Å². The molecule has 0 radical (unpaired) electrons. The normalized spacial score (nSPS) is 11.6. The summed E-state index contributed by atoms with van der Waals surface area (Å²) in [7, 11) is 0. The fourth-order valence-corrected chi connectivity index (χ4v) is 3.30. The van der Waals surface area contributed by atoms with E-state index in [1.165, 1.54) is 5.56 Å². The first-order valence-electron chi connectivity index (χ1n) is 7.31. The summed E-state index contributed by atoms with van der Waals surface area (Å²) in [6.07, 6.45) is 4.44. The molecule has 0 atom stereocenters. The van der Waals surface area contributed by atoms with Crippen molar-refractivity contribution in [1.29, 1.82) is 0 Å². The van der Waals surface area contributed by atoms with Crippen LogP contribution in [0.1, 0.15) is 64.0 Å². The van der Waals surface area contributed by atoms with Gasteiger partial charge in [-0.3, -0.25) is 4.79 Å². The molecule has 0 aliphatic carbocycles. The van der Waals surface area contributed by atoms with E-state index in [1.54, 1.807) is 0 Å². The maximum atomic E-state index is 12.6. The highest BCUT2D eigenvalue weighted by molar-refractivity contribution is 6.30. The molecule has 0 bridgehead atoms. The van der Waals surface area contributed by atoms with Crippen molar-refractivity contribution in [3.8, 4) is 0 Å². The first-order chi connectivity index (χ1) is 9.01. The van der Waals surface area contributed by atoms with Gasteiger partial charge in [0.2, 0.25) is 0 Å². The van der Waals surface area contributed by atoms with Crippen LogP contribution in [-0.2, 0) is 10.2 Å². The molecule has 0 heterocycles. The van der Waals surface area contributed by atoms with Gasteiger partial charge in [0.05, 0.1) is 5.41 Å². The lowest BCUT2D eigenvalue weighted by Gasteiger charge is -2.34. The summed E-state index contributed by atoms with van der Waals surface area (Å²) in [5.41, 5.74) is 1.97. The van der Waals surface area contributed by atoms with E-state index in [9.17, 15) is 4.79 Å². The van der Waals surface area contributed by atoms with Crippen molar-refractivity contribution in [2.24, 2.45) is 0 Å². The summed E-state index contributed by atoms with van der Waals surface area (Å²) < 4.78 is 0. The number of halogens is 1. The average molecular weight is 281 g/mol. The van der Waals surface area contributed by atoms with Crippen molar-refractivity contribution in [2.75, 3.05) is 0 Å². The zero-order valence-corrected chi connectivity index (χ0v) is 13.3. The second kappa shape index (κ2) is 7.09. The minimum atomic E-state index is -0.340. The van der Waals surface area contributed by atoms with Crippen LogP contribution in [0.15, 0.2) is 18.2 Å². The second-order valence-corrected chi connectivity index (χ2v) is 5.75. The van der Waals surface area contributed by atoms with E-state index in [0.717, 1.165) is 36.3 Å². The second-order valence-electron chi connectivity index (χ2n) is 5.32. The molecule has 106 valence electrons. The molecule has 0 aliphatic heterocycles. The molecule has 2 heteroatoms. The predicted molar refractivity (Wildman–Crippen MR) is 83.0 cm³/mol. The fourth-order valence-electron chi connectivity index (χ4n) is 3.13. The van der Waals surface area contributed by atoms with Crippen molar-refractivity contribution in [1.82, 2.24) is 0 Å². The lowest BCUT2D eigenvalue weighted by atomic mass is 9.68. The summed E-state index contributed by atoms with van der Waals surface area (Å²) in [4.78, 5) is 12.6. The minimum absolute atomic E-state index is 0.340. The molecule has 19 heavy (non-hydrogen) atoms. The molecule has 0 aliphatic rings. The lowest BCUT2D eigenvalue weighted by Crippen LogP contribution is -2.36. The van der Waals surface area contributed by atoms with Crippen molar-refractivity contribution in [2.45, 2.75) is 65.2 Å². The molecule has 0 aromatic heterocycles. The molecule has 1 nitrogen and oxygen atoms in total.